The molecule has 4 aromatic rings. The molecule has 0 spiro atoms. The van der Waals surface area contributed by atoms with E-state index in [1.165, 1.54) is 16.8 Å². The van der Waals surface area contributed by atoms with Gasteiger partial charge >= 0.3 is 0 Å². The monoisotopic (exact) mass is 443 g/mol. The van der Waals surface area contributed by atoms with Gasteiger partial charge in [0.15, 0.2) is 11.6 Å². The van der Waals surface area contributed by atoms with Gasteiger partial charge in [-0.15, -0.1) is 0 Å². The van der Waals surface area contributed by atoms with Gasteiger partial charge in [-0.25, -0.2) is 9.67 Å². The maximum atomic E-state index is 12.8. The summed E-state index contributed by atoms with van der Waals surface area (Å²) in [6, 6.07) is 19.0. The van der Waals surface area contributed by atoms with Gasteiger partial charge in [0.2, 0.25) is 0 Å². The number of aromatic nitrogens is 4. The largest absolute Gasteiger partial charge is 0.492 e. The van der Waals surface area contributed by atoms with Crippen molar-refractivity contribution in [2.45, 2.75) is 13.2 Å². The fraction of sp³-hybridized carbons (Fsp3) is 0.125. The third-order valence-electron chi connectivity index (χ3n) is 4.56. The van der Waals surface area contributed by atoms with Crippen molar-refractivity contribution in [3.63, 3.8) is 0 Å². The van der Waals surface area contributed by atoms with E-state index < -0.39 is 5.91 Å². The van der Waals surface area contributed by atoms with Crippen LogP contribution in [0.2, 0.25) is 0 Å². The van der Waals surface area contributed by atoms with Crippen molar-refractivity contribution >= 4 is 11.7 Å². The predicted molar refractivity (Wildman–Crippen MR) is 121 cm³/mol. The number of para-hydroxylation sites is 1. The van der Waals surface area contributed by atoms with Crippen LogP contribution < -0.4 is 20.3 Å². The second-order valence-electron chi connectivity index (χ2n) is 6.89. The zero-order valence-corrected chi connectivity index (χ0v) is 17.6. The van der Waals surface area contributed by atoms with Crippen molar-refractivity contribution in [3.8, 4) is 11.5 Å². The van der Waals surface area contributed by atoms with Crippen LogP contribution in [0.3, 0.4) is 0 Å². The zero-order valence-electron chi connectivity index (χ0n) is 17.6. The van der Waals surface area contributed by atoms with Crippen LogP contribution in [0.1, 0.15) is 16.1 Å². The fourth-order valence-electron chi connectivity index (χ4n) is 2.91. The molecule has 0 aliphatic carbocycles. The van der Waals surface area contributed by atoms with E-state index in [9.17, 15) is 9.59 Å². The van der Waals surface area contributed by atoms with Crippen molar-refractivity contribution in [1.29, 1.82) is 0 Å². The molecule has 1 amide bonds. The lowest BCUT2D eigenvalue weighted by atomic mass is 10.3. The number of ether oxygens (including phenoxy) is 2. The molecule has 1 N–H and O–H groups in total. The van der Waals surface area contributed by atoms with Crippen LogP contribution in [0.4, 0.5) is 5.82 Å². The molecule has 0 saturated heterocycles. The minimum Gasteiger partial charge on any atom is -0.492 e. The topological polar surface area (TPSA) is 108 Å². The maximum absolute atomic E-state index is 12.8. The Hall–Kier alpha value is -4.53. The van der Waals surface area contributed by atoms with Crippen LogP contribution in [0.15, 0.2) is 90.1 Å². The molecular weight excluding hydrogens is 422 g/mol. The lowest BCUT2D eigenvalue weighted by molar-refractivity contribution is 0.101. The molecule has 33 heavy (non-hydrogen) atoms. The van der Waals surface area contributed by atoms with Gasteiger partial charge in [0.1, 0.15) is 24.7 Å². The van der Waals surface area contributed by atoms with Crippen molar-refractivity contribution in [2.75, 3.05) is 11.9 Å². The quantitative estimate of drug-likeness (QED) is 0.424. The number of anilines is 1. The Labute approximate surface area is 189 Å². The summed E-state index contributed by atoms with van der Waals surface area (Å²) in [7, 11) is 0. The number of pyridine rings is 2. The lowest BCUT2D eigenvalue weighted by Crippen LogP contribution is -2.28. The van der Waals surface area contributed by atoms with Gasteiger partial charge in [-0.2, -0.15) is 5.10 Å². The van der Waals surface area contributed by atoms with E-state index in [1.807, 2.05) is 42.5 Å². The standard InChI is InChI=1S/C24H21N5O4/c30-22-9-8-20(28-29(22)15-16-32-19-5-2-1-3-6-19)24(31)27-23-21(7-4-12-26-23)33-17-18-10-13-25-14-11-18/h1-14H,15-17H2,(H,26,27,31). The molecule has 0 saturated carbocycles. The summed E-state index contributed by atoms with van der Waals surface area (Å²) in [5.41, 5.74) is 0.667. The Morgan fingerprint density at radius 2 is 1.73 bits per heavy atom. The van der Waals surface area contributed by atoms with Crippen LogP contribution in [0.25, 0.3) is 0 Å². The summed E-state index contributed by atoms with van der Waals surface area (Å²) in [5, 5.41) is 6.85. The molecule has 0 unspecified atom stereocenters. The van der Waals surface area contributed by atoms with E-state index >= 15 is 0 Å². The third kappa shape index (κ3) is 6.01. The molecule has 4 rings (SSSR count). The average molecular weight is 443 g/mol. The van der Waals surface area contributed by atoms with Crippen LogP contribution in [0, 0.1) is 0 Å². The number of carbonyl (C=O) groups is 1. The first kappa shape index (κ1) is 21.7. The highest BCUT2D eigenvalue weighted by molar-refractivity contribution is 6.02. The second kappa shape index (κ2) is 10.7. The van der Waals surface area contributed by atoms with E-state index in [2.05, 4.69) is 20.4 Å². The van der Waals surface area contributed by atoms with Crippen molar-refractivity contribution in [3.05, 3.63) is 107 Å². The van der Waals surface area contributed by atoms with Gasteiger partial charge in [-0.05, 0) is 48.0 Å². The summed E-state index contributed by atoms with van der Waals surface area (Å²) in [5.74, 6) is 0.838. The molecule has 9 nitrogen and oxygen atoms in total. The number of rotatable bonds is 9. The minimum absolute atomic E-state index is 0.0695. The summed E-state index contributed by atoms with van der Waals surface area (Å²) < 4.78 is 12.6. The number of hydrogen-bond donors (Lipinski definition) is 1. The van der Waals surface area contributed by atoms with E-state index in [4.69, 9.17) is 9.47 Å². The molecule has 0 fully saturated rings. The Balaban J connectivity index is 1.41. The second-order valence-corrected chi connectivity index (χ2v) is 6.89. The van der Waals surface area contributed by atoms with Gasteiger partial charge < -0.3 is 14.8 Å². The molecule has 0 radical (unpaired) electrons. The highest BCUT2D eigenvalue weighted by Crippen LogP contribution is 2.22. The zero-order chi connectivity index (χ0) is 22.9. The Kier molecular flexibility index (Phi) is 7.01. The highest BCUT2D eigenvalue weighted by atomic mass is 16.5. The number of benzene rings is 1. The molecule has 1 aromatic carbocycles. The molecule has 0 aliphatic heterocycles. The van der Waals surface area contributed by atoms with E-state index in [0.29, 0.717) is 18.1 Å². The first-order valence-electron chi connectivity index (χ1n) is 10.2. The lowest BCUT2D eigenvalue weighted by Gasteiger charge is -2.12. The number of carbonyl (C=O) groups excluding carboxylic acids is 1. The molecule has 0 bridgehead atoms. The summed E-state index contributed by atoms with van der Waals surface area (Å²) in [4.78, 5) is 33.1. The molecular formula is C24H21N5O4. The van der Waals surface area contributed by atoms with Gasteiger partial charge in [0.25, 0.3) is 11.5 Å². The summed E-state index contributed by atoms with van der Waals surface area (Å²) in [6.07, 6.45) is 4.90. The van der Waals surface area contributed by atoms with Crippen LogP contribution in [-0.4, -0.2) is 32.3 Å². The first-order valence-corrected chi connectivity index (χ1v) is 10.2. The highest BCUT2D eigenvalue weighted by Gasteiger charge is 2.14. The Morgan fingerprint density at radius 1 is 0.909 bits per heavy atom. The molecule has 9 heteroatoms. The molecule has 3 aromatic heterocycles. The van der Waals surface area contributed by atoms with Crippen LogP contribution in [-0.2, 0) is 13.2 Å². The average Bonchev–Trinajstić information content (AvgIpc) is 2.86. The molecule has 3 heterocycles. The molecule has 0 atom stereocenters. The first-order chi connectivity index (χ1) is 16.2. The minimum atomic E-state index is -0.514. The number of nitrogens with one attached hydrogen (secondary N) is 1. The number of hydrogen-bond acceptors (Lipinski definition) is 7. The third-order valence-corrected chi connectivity index (χ3v) is 4.56. The van der Waals surface area contributed by atoms with E-state index in [-0.39, 0.29) is 30.2 Å². The predicted octanol–water partition coefficient (Wildman–Crippen LogP) is 2.94. The fourth-order valence-corrected chi connectivity index (χ4v) is 2.91. The maximum Gasteiger partial charge on any atom is 0.277 e. The van der Waals surface area contributed by atoms with Crippen molar-refractivity contribution in [1.82, 2.24) is 19.7 Å². The van der Waals surface area contributed by atoms with Crippen LogP contribution >= 0.6 is 0 Å². The van der Waals surface area contributed by atoms with Crippen molar-refractivity contribution in [2.24, 2.45) is 0 Å². The van der Waals surface area contributed by atoms with Gasteiger partial charge in [-0.3, -0.25) is 14.6 Å². The van der Waals surface area contributed by atoms with Crippen molar-refractivity contribution < 1.29 is 14.3 Å². The molecule has 166 valence electrons. The smallest absolute Gasteiger partial charge is 0.277 e. The summed E-state index contributed by atoms with van der Waals surface area (Å²) in [6.45, 7) is 0.718. The van der Waals surface area contributed by atoms with E-state index in [0.717, 1.165) is 5.56 Å². The van der Waals surface area contributed by atoms with Gasteiger partial charge in [-0.1, -0.05) is 18.2 Å². The van der Waals surface area contributed by atoms with Gasteiger partial charge in [0, 0.05) is 24.7 Å². The number of nitrogens with zero attached hydrogens (tertiary/aromatic N) is 4. The van der Waals surface area contributed by atoms with Crippen LogP contribution in [0.5, 0.6) is 11.5 Å². The normalized spacial score (nSPS) is 10.4. The SMILES string of the molecule is O=C(Nc1ncccc1OCc1ccncc1)c1ccc(=O)n(CCOc2ccccc2)n1. The number of amides is 1. The Bertz CT molecular complexity index is 1260. The Morgan fingerprint density at radius 3 is 2.55 bits per heavy atom. The molecule has 0 aliphatic rings. The van der Waals surface area contributed by atoms with Gasteiger partial charge in [0.05, 0.1) is 6.54 Å². The summed E-state index contributed by atoms with van der Waals surface area (Å²) >= 11 is 0. The van der Waals surface area contributed by atoms with E-state index in [1.54, 1.807) is 30.7 Å².